The summed E-state index contributed by atoms with van der Waals surface area (Å²) in [6, 6.07) is 0. The lowest BCUT2D eigenvalue weighted by Gasteiger charge is -2.09. The van der Waals surface area contributed by atoms with Crippen LogP contribution < -0.4 is 11.1 Å². The molecule has 0 aliphatic carbocycles. The van der Waals surface area contributed by atoms with Crippen LogP contribution in [-0.4, -0.2) is 29.6 Å². The van der Waals surface area contributed by atoms with E-state index in [1.807, 2.05) is 4.68 Å². The first-order valence-electron chi connectivity index (χ1n) is 4.64. The minimum absolute atomic E-state index is 0.710. The monoisotopic (exact) mass is 198 g/mol. The molecule has 0 fully saturated rings. The van der Waals surface area contributed by atoms with E-state index in [-0.39, 0.29) is 0 Å². The van der Waals surface area contributed by atoms with Gasteiger partial charge in [0.05, 0.1) is 5.32 Å². The summed E-state index contributed by atoms with van der Waals surface area (Å²) < 4.78 is 1.89. The molecular weight excluding hydrogens is 180 g/mol. The third kappa shape index (κ3) is 2.93. The van der Waals surface area contributed by atoms with Crippen LogP contribution in [0.3, 0.4) is 0 Å². The summed E-state index contributed by atoms with van der Waals surface area (Å²) in [5, 5.41) is 9.41. The fourth-order valence-corrected chi connectivity index (χ4v) is 1.89. The van der Waals surface area contributed by atoms with E-state index in [1.165, 1.54) is 5.32 Å². The van der Waals surface area contributed by atoms with Crippen molar-refractivity contribution in [3.8, 4) is 0 Å². The third-order valence-corrected chi connectivity index (χ3v) is 3.66. The fourth-order valence-electron chi connectivity index (χ4n) is 1.00. The Labute approximate surface area is 80.1 Å². The van der Waals surface area contributed by atoms with Crippen LogP contribution in [0.25, 0.3) is 0 Å². The van der Waals surface area contributed by atoms with Crippen molar-refractivity contribution in [2.45, 2.75) is 32.6 Å². The Kier molecular flexibility index (Phi) is 3.21. The zero-order chi connectivity index (χ0) is 9.90. The molecule has 13 heavy (non-hydrogen) atoms. The van der Waals surface area contributed by atoms with Gasteiger partial charge in [-0.2, -0.15) is 0 Å². The van der Waals surface area contributed by atoms with E-state index in [4.69, 9.17) is 5.73 Å². The molecule has 5 heteroatoms. The van der Waals surface area contributed by atoms with Crippen molar-refractivity contribution in [2.75, 3.05) is 6.54 Å². The van der Waals surface area contributed by atoms with Crippen LogP contribution in [0, 0.1) is 0 Å². The molecule has 1 aromatic heterocycles. The van der Waals surface area contributed by atoms with Gasteiger partial charge in [0.15, 0.2) is 0 Å². The highest BCUT2D eigenvalue weighted by Crippen LogP contribution is 1.98. The molecule has 74 valence electrons. The maximum Gasteiger partial charge on any atom is 0.106 e. The molecule has 1 heterocycles. The molecule has 0 aliphatic heterocycles. The van der Waals surface area contributed by atoms with Crippen molar-refractivity contribution in [2.24, 2.45) is 5.73 Å². The van der Waals surface area contributed by atoms with E-state index >= 15 is 0 Å². The van der Waals surface area contributed by atoms with Gasteiger partial charge in [-0.3, -0.25) is 4.68 Å². The molecule has 0 saturated carbocycles. The van der Waals surface area contributed by atoms with Gasteiger partial charge >= 0.3 is 0 Å². The van der Waals surface area contributed by atoms with Crippen molar-refractivity contribution < 1.29 is 0 Å². The minimum Gasteiger partial charge on any atom is -0.330 e. The Morgan fingerprint density at radius 1 is 1.46 bits per heavy atom. The van der Waals surface area contributed by atoms with Crippen molar-refractivity contribution in [3.63, 3.8) is 0 Å². The van der Waals surface area contributed by atoms with Gasteiger partial charge in [0, 0.05) is 12.7 Å². The second-order valence-electron chi connectivity index (χ2n) is 4.26. The molecule has 0 amide bonds. The van der Waals surface area contributed by atoms with E-state index in [0.29, 0.717) is 6.54 Å². The van der Waals surface area contributed by atoms with Gasteiger partial charge in [0.1, 0.15) is 8.07 Å². The van der Waals surface area contributed by atoms with Gasteiger partial charge < -0.3 is 5.73 Å². The smallest absolute Gasteiger partial charge is 0.106 e. The predicted octanol–water partition coefficient (Wildman–Crippen LogP) is 0.172. The van der Waals surface area contributed by atoms with Crippen LogP contribution in [-0.2, 0) is 6.54 Å². The molecule has 2 N–H and O–H groups in total. The number of nitrogens with zero attached hydrogens (tertiary/aromatic N) is 3. The SMILES string of the molecule is C[Si](C)(C)c1cn(CCCN)nn1. The van der Waals surface area contributed by atoms with Crippen LogP contribution in [0.15, 0.2) is 6.20 Å². The van der Waals surface area contributed by atoms with Crippen LogP contribution >= 0.6 is 0 Å². The Bertz CT molecular complexity index is 263. The van der Waals surface area contributed by atoms with Crippen LogP contribution in [0.5, 0.6) is 0 Å². The van der Waals surface area contributed by atoms with Gasteiger partial charge in [-0.25, -0.2) is 0 Å². The van der Waals surface area contributed by atoms with Crippen molar-refractivity contribution in [1.82, 2.24) is 15.0 Å². The molecule has 0 aliphatic rings. The first-order valence-corrected chi connectivity index (χ1v) is 8.14. The number of nitrogens with two attached hydrogens (primary N) is 1. The molecule has 1 rings (SSSR count). The van der Waals surface area contributed by atoms with E-state index in [2.05, 4.69) is 36.1 Å². The van der Waals surface area contributed by atoms with Gasteiger partial charge in [-0.1, -0.05) is 24.9 Å². The number of hydrogen-bond donors (Lipinski definition) is 1. The third-order valence-electron chi connectivity index (χ3n) is 1.90. The van der Waals surface area contributed by atoms with Crippen molar-refractivity contribution in [3.05, 3.63) is 6.20 Å². The Balaban J connectivity index is 2.64. The zero-order valence-corrected chi connectivity index (χ0v) is 9.62. The van der Waals surface area contributed by atoms with Gasteiger partial charge in [0.25, 0.3) is 0 Å². The number of hydrogen-bond acceptors (Lipinski definition) is 3. The topological polar surface area (TPSA) is 56.7 Å². The molecule has 0 aromatic carbocycles. The molecule has 0 saturated heterocycles. The maximum absolute atomic E-state index is 5.42. The number of rotatable bonds is 4. The highest BCUT2D eigenvalue weighted by molar-refractivity contribution is 6.88. The first kappa shape index (κ1) is 10.4. The molecule has 0 spiro atoms. The molecule has 0 atom stereocenters. The normalized spacial score (nSPS) is 12.0. The highest BCUT2D eigenvalue weighted by Gasteiger charge is 2.20. The van der Waals surface area contributed by atoms with E-state index in [1.54, 1.807) is 0 Å². The Hall–Kier alpha value is -0.683. The first-order chi connectivity index (χ1) is 6.04. The number of aryl methyl sites for hydroxylation is 1. The Morgan fingerprint density at radius 2 is 2.15 bits per heavy atom. The molecule has 0 unspecified atom stereocenters. The molecule has 4 nitrogen and oxygen atoms in total. The summed E-state index contributed by atoms with van der Waals surface area (Å²) >= 11 is 0. The van der Waals surface area contributed by atoms with E-state index in [9.17, 15) is 0 Å². The quantitative estimate of drug-likeness (QED) is 0.702. The lowest BCUT2D eigenvalue weighted by molar-refractivity contribution is 0.564. The van der Waals surface area contributed by atoms with Gasteiger partial charge in [-0.15, -0.1) is 5.10 Å². The molecule has 0 radical (unpaired) electrons. The summed E-state index contributed by atoms with van der Waals surface area (Å²) in [6.45, 7) is 8.40. The van der Waals surface area contributed by atoms with Crippen LogP contribution in [0.1, 0.15) is 6.42 Å². The second-order valence-corrected chi connectivity index (χ2v) is 9.27. The lowest BCUT2D eigenvalue weighted by Crippen LogP contribution is -2.38. The van der Waals surface area contributed by atoms with Crippen molar-refractivity contribution in [1.29, 1.82) is 0 Å². The predicted molar refractivity (Wildman–Crippen MR) is 56.7 cm³/mol. The second kappa shape index (κ2) is 4.02. The Morgan fingerprint density at radius 3 is 2.62 bits per heavy atom. The fraction of sp³-hybridized carbons (Fsp3) is 0.750. The summed E-state index contributed by atoms with van der Waals surface area (Å²) in [5.74, 6) is 0. The van der Waals surface area contributed by atoms with E-state index < -0.39 is 8.07 Å². The molecular formula is C8H18N4Si. The average Bonchev–Trinajstić information content (AvgIpc) is 2.47. The van der Waals surface area contributed by atoms with Gasteiger partial charge in [0.2, 0.25) is 0 Å². The van der Waals surface area contributed by atoms with Gasteiger partial charge in [-0.05, 0) is 13.0 Å². The van der Waals surface area contributed by atoms with E-state index in [0.717, 1.165) is 13.0 Å². The molecule has 1 aromatic rings. The lowest BCUT2D eigenvalue weighted by atomic mass is 10.4. The minimum atomic E-state index is -1.28. The van der Waals surface area contributed by atoms with Crippen molar-refractivity contribution >= 4 is 13.4 Å². The summed E-state index contributed by atoms with van der Waals surface area (Å²) in [5.41, 5.74) is 5.42. The largest absolute Gasteiger partial charge is 0.330 e. The summed E-state index contributed by atoms with van der Waals surface area (Å²) in [4.78, 5) is 0. The van der Waals surface area contributed by atoms with Crippen LogP contribution in [0.4, 0.5) is 0 Å². The van der Waals surface area contributed by atoms with Crippen LogP contribution in [0.2, 0.25) is 19.6 Å². The summed E-state index contributed by atoms with van der Waals surface area (Å²) in [7, 11) is -1.28. The average molecular weight is 198 g/mol. The number of aromatic nitrogens is 3. The highest BCUT2D eigenvalue weighted by atomic mass is 28.3. The maximum atomic E-state index is 5.42. The molecule has 0 bridgehead atoms. The summed E-state index contributed by atoms with van der Waals surface area (Å²) in [6.07, 6.45) is 3.02. The zero-order valence-electron chi connectivity index (χ0n) is 8.62. The standard InChI is InChI=1S/C8H18N4Si/c1-13(2,3)8-7-12(11-10-8)6-4-5-9/h7H,4-6,9H2,1-3H3.